The lowest BCUT2D eigenvalue weighted by atomic mass is 10.1. The highest BCUT2D eigenvalue weighted by Crippen LogP contribution is 2.38. The Morgan fingerprint density at radius 2 is 1.69 bits per heavy atom. The molecule has 0 aliphatic heterocycles. The van der Waals surface area contributed by atoms with Gasteiger partial charge in [0.2, 0.25) is 0 Å². The van der Waals surface area contributed by atoms with Crippen LogP contribution in [-0.2, 0) is 20.8 Å². The number of halogens is 3. The van der Waals surface area contributed by atoms with E-state index < -0.39 is 31.9 Å². The topological polar surface area (TPSA) is 79.9 Å². The highest BCUT2D eigenvalue weighted by molar-refractivity contribution is 7.92. The number of fused-ring (bicyclic) bond motifs is 1. The summed E-state index contributed by atoms with van der Waals surface area (Å²) in [6.45, 7) is 3.09. The number of hydrogen-bond acceptors (Lipinski definition) is 5. The predicted octanol–water partition coefficient (Wildman–Crippen LogP) is 5.38. The summed E-state index contributed by atoms with van der Waals surface area (Å²) in [5.41, 5.74) is -1.03. The number of nitrogens with zero attached hydrogens (tertiary/aromatic N) is 1. The molecule has 0 spiro atoms. The standard InChI is InChI=1S/C22H17F3N2O3S2/c1-21(2,32(29,30)15-6-4-3-5-7-15)20-27-18(12-31-20)16-10-13-8-9-14(22(23,24)25)11-17(13)26-19(16)28/h3-12H,1-2H3,(H,26,28). The molecule has 4 aromatic rings. The van der Waals surface area contributed by atoms with Gasteiger partial charge in [0, 0.05) is 10.9 Å². The molecule has 0 bridgehead atoms. The van der Waals surface area contributed by atoms with E-state index in [1.54, 1.807) is 37.4 Å². The van der Waals surface area contributed by atoms with Gasteiger partial charge in [0.1, 0.15) is 9.75 Å². The Morgan fingerprint density at radius 1 is 1.00 bits per heavy atom. The summed E-state index contributed by atoms with van der Waals surface area (Å²) in [4.78, 5) is 19.6. The summed E-state index contributed by atoms with van der Waals surface area (Å²) in [5, 5.41) is 2.26. The molecule has 0 aliphatic carbocycles. The Balaban J connectivity index is 1.76. The van der Waals surface area contributed by atoms with Crippen molar-refractivity contribution in [1.29, 1.82) is 0 Å². The molecule has 0 fully saturated rings. The Hall–Kier alpha value is -2.98. The second kappa shape index (κ2) is 7.56. The number of pyridine rings is 1. The van der Waals surface area contributed by atoms with E-state index in [1.165, 1.54) is 24.3 Å². The van der Waals surface area contributed by atoms with Crippen molar-refractivity contribution in [3.05, 3.63) is 80.9 Å². The van der Waals surface area contributed by atoms with Crippen molar-refractivity contribution in [3.8, 4) is 11.3 Å². The maximum Gasteiger partial charge on any atom is 0.416 e. The monoisotopic (exact) mass is 478 g/mol. The van der Waals surface area contributed by atoms with Crippen molar-refractivity contribution in [1.82, 2.24) is 9.97 Å². The summed E-state index contributed by atoms with van der Waals surface area (Å²) in [7, 11) is -3.77. The van der Waals surface area contributed by atoms with Gasteiger partial charge in [-0.05, 0) is 49.6 Å². The summed E-state index contributed by atoms with van der Waals surface area (Å²) >= 11 is 1.10. The van der Waals surface area contributed by atoms with E-state index in [9.17, 15) is 26.4 Å². The van der Waals surface area contributed by atoms with Crippen LogP contribution in [0.15, 0.2) is 69.7 Å². The van der Waals surface area contributed by atoms with Crippen molar-refractivity contribution in [2.75, 3.05) is 0 Å². The highest BCUT2D eigenvalue weighted by atomic mass is 32.2. The first kappa shape index (κ1) is 22.2. The Labute approximate surface area is 185 Å². The van der Waals surface area contributed by atoms with Crippen LogP contribution in [0.2, 0.25) is 0 Å². The van der Waals surface area contributed by atoms with Crippen LogP contribution in [-0.4, -0.2) is 18.4 Å². The molecule has 5 nitrogen and oxygen atoms in total. The number of H-pyrrole nitrogens is 1. The number of aromatic nitrogens is 2. The van der Waals surface area contributed by atoms with Crippen LogP contribution < -0.4 is 5.56 Å². The molecule has 166 valence electrons. The van der Waals surface area contributed by atoms with E-state index in [0.29, 0.717) is 10.4 Å². The lowest BCUT2D eigenvalue weighted by Gasteiger charge is -2.22. The fourth-order valence-electron chi connectivity index (χ4n) is 3.25. The molecule has 32 heavy (non-hydrogen) atoms. The van der Waals surface area contributed by atoms with Gasteiger partial charge in [-0.15, -0.1) is 11.3 Å². The van der Waals surface area contributed by atoms with Gasteiger partial charge >= 0.3 is 6.18 Å². The normalized spacial score (nSPS) is 12.9. The molecule has 4 rings (SSSR count). The summed E-state index contributed by atoms with van der Waals surface area (Å²) in [6, 6.07) is 12.5. The van der Waals surface area contributed by atoms with Crippen molar-refractivity contribution in [3.63, 3.8) is 0 Å². The van der Waals surface area contributed by atoms with Crippen LogP contribution in [0.25, 0.3) is 22.2 Å². The summed E-state index contributed by atoms with van der Waals surface area (Å²) < 4.78 is 63.8. The first-order valence-corrected chi connectivity index (χ1v) is 11.8. The van der Waals surface area contributed by atoms with Crippen LogP contribution in [0, 0.1) is 0 Å². The molecule has 0 saturated heterocycles. The lowest BCUT2D eigenvalue weighted by molar-refractivity contribution is -0.137. The third-order valence-corrected chi connectivity index (χ3v) is 8.92. The van der Waals surface area contributed by atoms with Crippen molar-refractivity contribution >= 4 is 32.1 Å². The molecule has 0 saturated carbocycles. The Bertz CT molecular complexity index is 1470. The number of thiazole rings is 1. The predicted molar refractivity (Wildman–Crippen MR) is 117 cm³/mol. The Kier molecular flexibility index (Phi) is 5.25. The zero-order valence-corrected chi connectivity index (χ0v) is 18.5. The van der Waals surface area contributed by atoms with E-state index in [0.717, 1.165) is 23.5 Å². The molecule has 10 heteroatoms. The molecule has 1 N–H and O–H groups in total. The van der Waals surface area contributed by atoms with Crippen molar-refractivity contribution < 1.29 is 21.6 Å². The average molecular weight is 479 g/mol. The van der Waals surface area contributed by atoms with Gasteiger partial charge < -0.3 is 4.98 Å². The molecule has 0 radical (unpaired) electrons. The number of hydrogen-bond donors (Lipinski definition) is 1. The first-order valence-electron chi connectivity index (χ1n) is 9.41. The smallest absolute Gasteiger partial charge is 0.321 e. The zero-order chi connectivity index (χ0) is 23.3. The average Bonchev–Trinajstić information content (AvgIpc) is 3.23. The van der Waals surface area contributed by atoms with Crippen LogP contribution in [0.4, 0.5) is 13.2 Å². The number of sulfone groups is 1. The van der Waals surface area contributed by atoms with Crippen molar-refractivity contribution in [2.45, 2.75) is 29.7 Å². The van der Waals surface area contributed by atoms with Crippen molar-refractivity contribution in [2.24, 2.45) is 0 Å². The van der Waals surface area contributed by atoms with Crippen LogP contribution in [0.3, 0.4) is 0 Å². The largest absolute Gasteiger partial charge is 0.416 e. The van der Waals surface area contributed by atoms with Gasteiger partial charge in [0.15, 0.2) is 9.84 Å². The van der Waals surface area contributed by atoms with Crippen LogP contribution >= 0.6 is 11.3 Å². The minimum atomic E-state index is -4.52. The fraction of sp³-hybridized carbons (Fsp3) is 0.182. The van der Waals surface area contributed by atoms with Crippen LogP contribution in [0.1, 0.15) is 24.4 Å². The van der Waals surface area contributed by atoms with E-state index in [2.05, 4.69) is 9.97 Å². The molecular formula is C22H17F3N2O3S2. The second-order valence-corrected chi connectivity index (χ2v) is 11.0. The molecule has 0 aliphatic rings. The van der Waals surface area contributed by atoms with Gasteiger partial charge in [0.05, 0.1) is 21.7 Å². The van der Waals surface area contributed by atoms with Gasteiger partial charge in [-0.3, -0.25) is 4.79 Å². The highest BCUT2D eigenvalue weighted by Gasteiger charge is 2.40. The van der Waals surface area contributed by atoms with E-state index in [4.69, 9.17) is 0 Å². The molecule has 2 heterocycles. The number of aromatic amines is 1. The molecular weight excluding hydrogens is 461 g/mol. The van der Waals surface area contributed by atoms with E-state index >= 15 is 0 Å². The number of alkyl halides is 3. The number of nitrogens with one attached hydrogen (secondary N) is 1. The molecule has 0 atom stereocenters. The lowest BCUT2D eigenvalue weighted by Crippen LogP contribution is -2.29. The van der Waals surface area contributed by atoms with E-state index in [1.807, 2.05) is 0 Å². The maximum atomic E-state index is 13.2. The fourth-order valence-corrected chi connectivity index (χ4v) is 5.94. The first-order chi connectivity index (χ1) is 14.9. The molecule has 2 aromatic carbocycles. The third kappa shape index (κ3) is 3.73. The summed E-state index contributed by atoms with van der Waals surface area (Å²) in [6.07, 6.45) is -4.52. The maximum absolute atomic E-state index is 13.2. The quantitative estimate of drug-likeness (QED) is 0.427. The van der Waals surface area contributed by atoms with Gasteiger partial charge in [-0.1, -0.05) is 24.3 Å². The second-order valence-electron chi connectivity index (χ2n) is 7.68. The number of rotatable bonds is 4. The number of benzene rings is 2. The SMILES string of the molecule is CC(C)(c1nc(-c2cc3ccc(C(F)(F)F)cc3[nH]c2=O)cs1)S(=O)(=O)c1ccccc1. The zero-order valence-electron chi connectivity index (χ0n) is 16.9. The van der Waals surface area contributed by atoms with Gasteiger partial charge in [-0.25, -0.2) is 13.4 Å². The molecule has 0 unspecified atom stereocenters. The van der Waals surface area contributed by atoms with Gasteiger partial charge in [-0.2, -0.15) is 13.2 Å². The Morgan fingerprint density at radius 3 is 2.34 bits per heavy atom. The third-order valence-electron chi connectivity index (χ3n) is 5.19. The summed E-state index contributed by atoms with van der Waals surface area (Å²) in [5.74, 6) is 0. The van der Waals surface area contributed by atoms with Gasteiger partial charge in [0.25, 0.3) is 5.56 Å². The molecule has 2 aromatic heterocycles. The molecule has 0 amide bonds. The minimum Gasteiger partial charge on any atom is -0.321 e. The minimum absolute atomic E-state index is 0.0519. The van der Waals surface area contributed by atoms with Crippen LogP contribution in [0.5, 0.6) is 0 Å². The van der Waals surface area contributed by atoms with E-state index in [-0.39, 0.29) is 21.7 Å².